The highest BCUT2D eigenvalue weighted by Crippen LogP contribution is 2.36. The molecule has 1 saturated heterocycles. The first-order valence-corrected chi connectivity index (χ1v) is 12.3. The van der Waals surface area contributed by atoms with Crippen molar-refractivity contribution in [3.8, 4) is 16.9 Å². The van der Waals surface area contributed by atoms with Crippen LogP contribution < -0.4 is 4.74 Å². The number of alkyl halides is 3. The third kappa shape index (κ3) is 5.17. The van der Waals surface area contributed by atoms with Crippen LogP contribution in [0.2, 0.25) is 0 Å². The smallest absolute Gasteiger partial charge is 0.406 e. The van der Waals surface area contributed by atoms with Crippen LogP contribution in [0.5, 0.6) is 5.75 Å². The molecule has 1 N–H and O–H groups in total. The monoisotopic (exact) mass is 534 g/mol. The summed E-state index contributed by atoms with van der Waals surface area (Å²) in [5.74, 6) is -1.93. The number of hydrogen-bond acceptors (Lipinski definition) is 5. The fraction of sp³-hybridized carbons (Fsp3) is 0.423. The van der Waals surface area contributed by atoms with Gasteiger partial charge in [0.25, 0.3) is 5.91 Å². The Labute approximate surface area is 215 Å². The number of aliphatic hydroxyl groups excluding tert-OH is 1. The van der Waals surface area contributed by atoms with Crippen LogP contribution in [-0.2, 0) is 11.8 Å². The van der Waals surface area contributed by atoms with Crippen molar-refractivity contribution in [2.45, 2.75) is 44.2 Å². The normalized spacial score (nSPS) is 20.7. The Bertz CT molecular complexity index is 1380. The molecule has 202 valence electrons. The van der Waals surface area contributed by atoms with Gasteiger partial charge in [0.2, 0.25) is 5.91 Å². The average Bonchev–Trinajstić information content (AvgIpc) is 3.19. The minimum Gasteiger partial charge on any atom is -0.406 e. The molecular weight excluding hydrogens is 508 g/mol. The van der Waals surface area contributed by atoms with E-state index in [2.05, 4.69) is 9.72 Å². The number of aromatic nitrogens is 2. The number of carbonyl (C=O) groups is 2. The predicted molar refractivity (Wildman–Crippen MR) is 129 cm³/mol. The number of rotatable bonds is 4. The quantitative estimate of drug-likeness (QED) is 0.514. The molecule has 2 heterocycles. The van der Waals surface area contributed by atoms with Crippen molar-refractivity contribution in [1.82, 2.24) is 19.4 Å². The van der Waals surface area contributed by atoms with Crippen LogP contribution in [0.1, 0.15) is 36.3 Å². The highest BCUT2D eigenvalue weighted by molar-refractivity contribution is 6.01. The summed E-state index contributed by atoms with van der Waals surface area (Å²) < 4.78 is 58.5. The van der Waals surface area contributed by atoms with E-state index < -0.39 is 23.8 Å². The Hall–Kier alpha value is -3.67. The summed E-state index contributed by atoms with van der Waals surface area (Å²) in [4.78, 5) is 33.9. The van der Waals surface area contributed by atoms with Gasteiger partial charge in [-0.1, -0.05) is 12.1 Å². The molecule has 3 aromatic rings. The van der Waals surface area contributed by atoms with Crippen LogP contribution in [0, 0.1) is 5.82 Å². The Morgan fingerprint density at radius 2 is 1.84 bits per heavy atom. The van der Waals surface area contributed by atoms with Crippen molar-refractivity contribution in [3.63, 3.8) is 0 Å². The SMILES string of the molecule is Cn1c(C(=O)N2CCN([C@H]3CC[C@H](O)CC3)C(=O)C2)nc2c(-c3cccc(F)c3)cc(OC(F)(F)F)cc21. The second-order valence-electron chi connectivity index (χ2n) is 9.67. The number of hydrogen-bond donors (Lipinski definition) is 1. The summed E-state index contributed by atoms with van der Waals surface area (Å²) in [7, 11) is 1.49. The van der Waals surface area contributed by atoms with Crippen LogP contribution in [0.3, 0.4) is 0 Å². The summed E-state index contributed by atoms with van der Waals surface area (Å²) in [5, 5.41) is 9.75. The van der Waals surface area contributed by atoms with E-state index in [4.69, 9.17) is 0 Å². The zero-order valence-corrected chi connectivity index (χ0v) is 20.5. The number of ether oxygens (including phenoxy) is 1. The van der Waals surface area contributed by atoms with Crippen LogP contribution in [0.25, 0.3) is 22.2 Å². The molecule has 38 heavy (non-hydrogen) atoms. The summed E-state index contributed by atoms with van der Waals surface area (Å²) in [6, 6.07) is 7.56. The summed E-state index contributed by atoms with van der Waals surface area (Å²) in [6.45, 7) is 0.458. The van der Waals surface area contributed by atoms with E-state index in [1.807, 2.05) is 0 Å². The molecule has 0 atom stereocenters. The van der Waals surface area contributed by atoms with Crippen molar-refractivity contribution < 1.29 is 37.0 Å². The maximum Gasteiger partial charge on any atom is 0.573 e. The van der Waals surface area contributed by atoms with E-state index in [0.29, 0.717) is 32.2 Å². The van der Waals surface area contributed by atoms with Gasteiger partial charge in [0.1, 0.15) is 18.1 Å². The number of carbonyl (C=O) groups excluding carboxylic acids is 2. The lowest BCUT2D eigenvalue weighted by Crippen LogP contribution is -2.56. The predicted octanol–water partition coefficient (Wildman–Crippen LogP) is 3.87. The molecule has 1 saturated carbocycles. The van der Waals surface area contributed by atoms with Gasteiger partial charge in [-0.05, 0) is 49.4 Å². The maximum atomic E-state index is 14.0. The maximum absolute atomic E-state index is 14.0. The van der Waals surface area contributed by atoms with Crippen molar-refractivity contribution in [3.05, 3.63) is 48.0 Å². The molecule has 1 aliphatic heterocycles. The molecular formula is C26H26F4N4O4. The Morgan fingerprint density at radius 1 is 1.11 bits per heavy atom. The number of halogens is 4. The number of imidazole rings is 1. The number of amides is 2. The summed E-state index contributed by atoms with van der Waals surface area (Å²) in [6.07, 6.45) is -2.63. The van der Waals surface area contributed by atoms with Gasteiger partial charge in [0.15, 0.2) is 5.82 Å². The standard InChI is InChI=1S/C26H26F4N4O4/c1-32-21-13-19(38-26(28,29)30)12-20(15-3-2-4-16(27)11-15)23(21)31-24(32)25(37)33-9-10-34(22(36)14-33)17-5-7-18(35)8-6-17/h2-4,11-13,17-18,35H,5-10,14H2,1H3/t17-,18-. The van der Waals surface area contributed by atoms with Crippen LogP contribution >= 0.6 is 0 Å². The number of aryl methyl sites for hydroxylation is 1. The van der Waals surface area contributed by atoms with Crippen molar-refractivity contribution >= 4 is 22.8 Å². The molecule has 12 heteroatoms. The van der Waals surface area contributed by atoms with Crippen molar-refractivity contribution in [2.75, 3.05) is 19.6 Å². The van der Waals surface area contributed by atoms with E-state index in [9.17, 15) is 32.3 Å². The molecule has 0 spiro atoms. The Balaban J connectivity index is 1.46. The van der Waals surface area contributed by atoms with Crippen molar-refractivity contribution in [1.29, 1.82) is 0 Å². The minimum atomic E-state index is -4.96. The Kier molecular flexibility index (Phi) is 6.76. The van der Waals surface area contributed by atoms with E-state index >= 15 is 0 Å². The second-order valence-corrected chi connectivity index (χ2v) is 9.67. The van der Waals surface area contributed by atoms with E-state index in [1.165, 1.54) is 34.7 Å². The second kappa shape index (κ2) is 9.90. The molecule has 8 nitrogen and oxygen atoms in total. The minimum absolute atomic E-state index is 0.0276. The number of nitrogens with zero attached hydrogens (tertiary/aromatic N) is 4. The molecule has 2 fully saturated rings. The van der Waals surface area contributed by atoms with Gasteiger partial charge in [-0.3, -0.25) is 9.59 Å². The van der Waals surface area contributed by atoms with Gasteiger partial charge in [0.05, 0.1) is 17.1 Å². The van der Waals surface area contributed by atoms with Gasteiger partial charge >= 0.3 is 6.36 Å². The summed E-state index contributed by atoms with van der Waals surface area (Å²) in [5.41, 5.74) is 0.805. The number of fused-ring (bicyclic) bond motifs is 1. The molecule has 5 rings (SSSR count). The largest absolute Gasteiger partial charge is 0.573 e. The van der Waals surface area contributed by atoms with E-state index in [-0.39, 0.29) is 59.1 Å². The summed E-state index contributed by atoms with van der Waals surface area (Å²) >= 11 is 0. The van der Waals surface area contributed by atoms with Crippen LogP contribution in [0.4, 0.5) is 17.6 Å². The first kappa shape index (κ1) is 26.0. The average molecular weight is 535 g/mol. The number of aliphatic hydroxyl groups is 1. The first-order valence-electron chi connectivity index (χ1n) is 12.3. The molecule has 2 amide bonds. The van der Waals surface area contributed by atoms with Gasteiger partial charge < -0.3 is 24.2 Å². The molecule has 2 aliphatic rings. The van der Waals surface area contributed by atoms with Gasteiger partial charge in [-0.2, -0.15) is 0 Å². The highest BCUT2D eigenvalue weighted by atomic mass is 19.4. The lowest BCUT2D eigenvalue weighted by atomic mass is 9.91. The molecule has 1 aromatic heterocycles. The molecule has 0 unspecified atom stereocenters. The van der Waals surface area contributed by atoms with E-state index in [0.717, 1.165) is 18.2 Å². The molecule has 1 aliphatic carbocycles. The third-order valence-corrected chi connectivity index (χ3v) is 7.17. The fourth-order valence-electron chi connectivity index (χ4n) is 5.28. The van der Waals surface area contributed by atoms with Crippen molar-refractivity contribution in [2.24, 2.45) is 7.05 Å². The highest BCUT2D eigenvalue weighted by Gasteiger charge is 2.36. The van der Waals surface area contributed by atoms with Gasteiger partial charge in [-0.15, -0.1) is 13.2 Å². The number of benzene rings is 2. The molecule has 0 bridgehead atoms. The van der Waals surface area contributed by atoms with E-state index in [1.54, 1.807) is 4.90 Å². The van der Waals surface area contributed by atoms with Crippen LogP contribution in [-0.4, -0.2) is 74.4 Å². The lowest BCUT2D eigenvalue weighted by molar-refractivity contribution is -0.274. The zero-order valence-electron chi connectivity index (χ0n) is 20.5. The van der Waals surface area contributed by atoms with Gasteiger partial charge in [-0.25, -0.2) is 9.37 Å². The lowest BCUT2D eigenvalue weighted by Gasteiger charge is -2.41. The van der Waals surface area contributed by atoms with Gasteiger partial charge in [0, 0.05) is 37.8 Å². The first-order chi connectivity index (χ1) is 18.0. The third-order valence-electron chi connectivity index (χ3n) is 7.17. The zero-order chi connectivity index (χ0) is 27.2. The molecule has 2 aromatic carbocycles. The number of piperazine rings is 1. The molecule has 0 radical (unpaired) electrons. The topological polar surface area (TPSA) is 87.9 Å². The Morgan fingerprint density at radius 3 is 2.50 bits per heavy atom. The van der Waals surface area contributed by atoms with Crippen LogP contribution in [0.15, 0.2) is 36.4 Å². The fourth-order valence-corrected chi connectivity index (χ4v) is 5.28.